The Hall–Kier alpha value is -1.43. The molecule has 1 aromatic heterocycles. The molecule has 0 bridgehead atoms. The predicted molar refractivity (Wildman–Crippen MR) is 92.6 cm³/mol. The van der Waals surface area contributed by atoms with Crippen LogP contribution in [0.5, 0.6) is 0 Å². The van der Waals surface area contributed by atoms with Crippen LogP contribution in [0.3, 0.4) is 0 Å². The topological polar surface area (TPSA) is 81.4 Å². The summed E-state index contributed by atoms with van der Waals surface area (Å²) in [5.74, 6) is -0.207. The Morgan fingerprint density at radius 2 is 2.17 bits per heavy atom. The second-order valence-electron chi connectivity index (χ2n) is 5.68. The maximum absolute atomic E-state index is 13.0. The van der Waals surface area contributed by atoms with Crippen LogP contribution in [-0.2, 0) is 10.0 Å². The van der Waals surface area contributed by atoms with Crippen molar-refractivity contribution in [3.05, 3.63) is 51.2 Å². The first-order valence-corrected chi connectivity index (χ1v) is 10.1. The molecule has 126 valence electrons. The largest absolute Gasteiger partial charge is 0.396 e. The number of aliphatic hydroxyl groups is 1. The Kier molecular flexibility index (Phi) is 4.95. The average Bonchev–Trinajstić information content (AvgIpc) is 3.23. The maximum Gasteiger partial charge on any atom is 0.244 e. The molecule has 0 radical (unpaired) electrons. The average molecular weight is 383 g/mol. The van der Waals surface area contributed by atoms with Gasteiger partial charge in [0.15, 0.2) is 0 Å². The molecule has 1 aromatic carbocycles. The molecule has 1 aliphatic heterocycles. The molecule has 5 nitrogen and oxygen atoms in total. The van der Waals surface area contributed by atoms with E-state index in [-0.39, 0.29) is 42.0 Å². The van der Waals surface area contributed by atoms with E-state index in [1.165, 1.54) is 22.5 Å². The highest BCUT2D eigenvalue weighted by Gasteiger charge is 2.40. The number of hydrogen-bond donors (Lipinski definition) is 1. The molecule has 0 spiro atoms. The molecule has 8 heteroatoms. The highest BCUT2D eigenvalue weighted by molar-refractivity contribution is 7.89. The summed E-state index contributed by atoms with van der Waals surface area (Å²) in [6.45, 7) is 0.433. The molecule has 0 aliphatic carbocycles. The quantitative estimate of drug-likeness (QED) is 0.881. The summed E-state index contributed by atoms with van der Waals surface area (Å²) >= 11 is 7.39. The summed E-state index contributed by atoms with van der Waals surface area (Å²) < 4.78 is 27.3. The van der Waals surface area contributed by atoms with Crippen LogP contribution in [0.4, 0.5) is 0 Å². The Bertz CT molecular complexity index is 875. The minimum absolute atomic E-state index is 0.0297. The van der Waals surface area contributed by atoms with E-state index >= 15 is 0 Å². The van der Waals surface area contributed by atoms with E-state index in [1.807, 2.05) is 22.9 Å². The third-order valence-electron chi connectivity index (χ3n) is 4.29. The molecular weight excluding hydrogens is 368 g/mol. The van der Waals surface area contributed by atoms with Crippen molar-refractivity contribution in [2.24, 2.45) is 5.92 Å². The van der Waals surface area contributed by atoms with Crippen molar-refractivity contribution in [1.82, 2.24) is 4.31 Å². The van der Waals surface area contributed by atoms with Crippen molar-refractivity contribution in [3.63, 3.8) is 0 Å². The third kappa shape index (κ3) is 3.08. The molecule has 24 heavy (non-hydrogen) atoms. The fraction of sp³-hybridized carbons (Fsp3) is 0.312. The first-order chi connectivity index (χ1) is 11.5. The van der Waals surface area contributed by atoms with Gasteiger partial charge in [0.25, 0.3) is 0 Å². The molecule has 1 fully saturated rings. The summed E-state index contributed by atoms with van der Waals surface area (Å²) in [6.07, 6.45) is 0. The van der Waals surface area contributed by atoms with E-state index in [2.05, 4.69) is 0 Å². The smallest absolute Gasteiger partial charge is 0.244 e. The molecule has 2 heterocycles. The number of hydrogen-bond acceptors (Lipinski definition) is 5. The fourth-order valence-corrected chi connectivity index (χ4v) is 5.57. The number of nitrogens with zero attached hydrogens (tertiary/aromatic N) is 2. The second-order valence-corrected chi connectivity index (χ2v) is 8.80. The lowest BCUT2D eigenvalue weighted by atomic mass is 9.92. The van der Waals surface area contributed by atoms with Crippen molar-refractivity contribution in [1.29, 1.82) is 5.26 Å². The number of rotatable bonds is 4. The van der Waals surface area contributed by atoms with E-state index in [4.69, 9.17) is 11.6 Å². The van der Waals surface area contributed by atoms with Crippen LogP contribution < -0.4 is 0 Å². The van der Waals surface area contributed by atoms with Crippen LogP contribution in [0.2, 0.25) is 5.02 Å². The summed E-state index contributed by atoms with van der Waals surface area (Å²) in [5.41, 5.74) is 1.07. The van der Waals surface area contributed by atoms with E-state index in [0.29, 0.717) is 5.02 Å². The van der Waals surface area contributed by atoms with Crippen molar-refractivity contribution in [2.75, 3.05) is 19.7 Å². The Morgan fingerprint density at radius 3 is 2.79 bits per heavy atom. The Balaban J connectivity index is 1.96. The van der Waals surface area contributed by atoms with Gasteiger partial charge in [-0.3, -0.25) is 0 Å². The van der Waals surface area contributed by atoms with Crippen LogP contribution in [0.1, 0.15) is 17.0 Å². The Morgan fingerprint density at radius 1 is 1.38 bits per heavy atom. The van der Waals surface area contributed by atoms with Crippen LogP contribution in [0.25, 0.3) is 0 Å². The van der Waals surface area contributed by atoms with Gasteiger partial charge in [-0.25, -0.2) is 8.42 Å². The van der Waals surface area contributed by atoms with Gasteiger partial charge >= 0.3 is 0 Å². The van der Waals surface area contributed by atoms with Gasteiger partial charge in [-0.1, -0.05) is 11.6 Å². The minimum Gasteiger partial charge on any atom is -0.396 e. The van der Waals surface area contributed by atoms with E-state index in [1.54, 1.807) is 11.3 Å². The van der Waals surface area contributed by atoms with Crippen molar-refractivity contribution >= 4 is 33.0 Å². The zero-order valence-electron chi connectivity index (χ0n) is 12.6. The van der Waals surface area contributed by atoms with Gasteiger partial charge in [0.05, 0.1) is 5.56 Å². The molecule has 3 rings (SSSR count). The van der Waals surface area contributed by atoms with Crippen molar-refractivity contribution in [2.45, 2.75) is 10.8 Å². The van der Waals surface area contributed by atoms with Gasteiger partial charge in [0.1, 0.15) is 11.0 Å². The molecule has 0 saturated carbocycles. The lowest BCUT2D eigenvalue weighted by Gasteiger charge is -2.17. The molecule has 2 aromatic rings. The van der Waals surface area contributed by atoms with Gasteiger partial charge in [-0.2, -0.15) is 20.9 Å². The van der Waals surface area contributed by atoms with Crippen molar-refractivity contribution < 1.29 is 13.5 Å². The molecule has 0 amide bonds. The standard InChI is InChI=1S/C16H15ClN2O3S2/c17-14-1-2-16(12(5-14)6-18)24(21,22)19-7-13(9-20)15(8-19)11-3-4-23-10-11/h1-5,10,13,15,20H,7-9H2/t13-,15-/m1/s1. The van der Waals surface area contributed by atoms with Gasteiger partial charge in [0, 0.05) is 36.6 Å². The summed E-state index contributed by atoms with van der Waals surface area (Å²) in [6, 6.07) is 8.03. The van der Waals surface area contributed by atoms with E-state index in [9.17, 15) is 18.8 Å². The maximum atomic E-state index is 13.0. The number of aliphatic hydroxyl groups excluding tert-OH is 1. The molecule has 1 saturated heterocycles. The van der Waals surface area contributed by atoms with E-state index in [0.717, 1.165) is 5.56 Å². The number of thiophene rings is 1. The fourth-order valence-electron chi connectivity index (χ4n) is 3.03. The van der Waals surface area contributed by atoms with Crippen molar-refractivity contribution in [3.8, 4) is 6.07 Å². The number of sulfonamides is 1. The predicted octanol–water partition coefficient (Wildman–Crippen LogP) is 2.67. The molecular formula is C16H15ClN2O3S2. The van der Waals surface area contributed by atoms with Crippen LogP contribution in [0, 0.1) is 17.2 Å². The molecule has 0 unspecified atom stereocenters. The summed E-state index contributed by atoms with van der Waals surface area (Å²) in [5, 5.41) is 23.1. The first-order valence-electron chi connectivity index (χ1n) is 7.30. The lowest BCUT2D eigenvalue weighted by Crippen LogP contribution is -2.30. The first kappa shape index (κ1) is 17.4. The van der Waals surface area contributed by atoms with Gasteiger partial charge in [0.2, 0.25) is 10.0 Å². The third-order valence-corrected chi connectivity index (χ3v) is 7.12. The minimum atomic E-state index is -3.82. The Labute approximate surface area is 149 Å². The normalized spacial score (nSPS) is 21.7. The van der Waals surface area contributed by atoms with Crippen LogP contribution in [-0.4, -0.2) is 37.5 Å². The number of benzene rings is 1. The van der Waals surface area contributed by atoms with Gasteiger partial charge < -0.3 is 5.11 Å². The molecule has 1 N–H and O–H groups in total. The molecule has 2 atom stereocenters. The summed E-state index contributed by atoms with van der Waals surface area (Å²) in [4.78, 5) is -0.0444. The zero-order valence-corrected chi connectivity index (χ0v) is 15.0. The monoisotopic (exact) mass is 382 g/mol. The highest BCUT2D eigenvalue weighted by atomic mass is 35.5. The van der Waals surface area contributed by atoms with E-state index < -0.39 is 10.0 Å². The molecule has 1 aliphatic rings. The number of halogens is 1. The number of nitriles is 1. The van der Waals surface area contributed by atoms with Crippen LogP contribution in [0.15, 0.2) is 39.9 Å². The van der Waals surface area contributed by atoms with Gasteiger partial charge in [-0.05, 0) is 40.6 Å². The van der Waals surface area contributed by atoms with Crippen LogP contribution >= 0.6 is 22.9 Å². The summed E-state index contributed by atoms with van der Waals surface area (Å²) in [7, 11) is -3.82. The zero-order chi connectivity index (χ0) is 17.3. The van der Waals surface area contributed by atoms with Gasteiger partial charge in [-0.15, -0.1) is 0 Å². The lowest BCUT2D eigenvalue weighted by molar-refractivity contribution is 0.223. The second kappa shape index (κ2) is 6.82. The SMILES string of the molecule is N#Cc1cc(Cl)ccc1S(=O)(=O)N1C[C@H](CO)[C@@H](c2ccsc2)C1. The highest BCUT2D eigenvalue weighted by Crippen LogP contribution is 2.37.